The lowest BCUT2D eigenvalue weighted by Gasteiger charge is -2.45. The van der Waals surface area contributed by atoms with Gasteiger partial charge in [-0.15, -0.1) is 0 Å². The van der Waals surface area contributed by atoms with Crippen molar-refractivity contribution in [1.29, 1.82) is 0 Å². The molecule has 2 nitrogen and oxygen atoms in total. The van der Waals surface area contributed by atoms with E-state index in [1.165, 1.54) is 19.3 Å². The van der Waals surface area contributed by atoms with E-state index < -0.39 is 0 Å². The minimum Gasteiger partial charge on any atom is -0.375 e. The number of hydrogen-bond donors (Lipinski definition) is 1. The Morgan fingerprint density at radius 2 is 1.90 bits per heavy atom. The van der Waals surface area contributed by atoms with Crippen LogP contribution >= 0.6 is 0 Å². The van der Waals surface area contributed by atoms with Gasteiger partial charge in [0.05, 0.1) is 12.2 Å². The Morgan fingerprint density at radius 3 is 2.40 bits per heavy atom. The molecule has 58 valence electrons. The van der Waals surface area contributed by atoms with Crippen LogP contribution in [0.2, 0.25) is 0 Å². The van der Waals surface area contributed by atoms with E-state index >= 15 is 0 Å². The molecule has 1 saturated carbocycles. The van der Waals surface area contributed by atoms with Crippen LogP contribution in [-0.4, -0.2) is 24.8 Å². The van der Waals surface area contributed by atoms with Crippen molar-refractivity contribution in [3.63, 3.8) is 0 Å². The van der Waals surface area contributed by atoms with Crippen LogP contribution in [0.3, 0.4) is 0 Å². The molecule has 0 aromatic rings. The zero-order valence-corrected chi connectivity index (χ0v) is 6.47. The number of hydrogen-bond acceptors (Lipinski definition) is 2. The van der Waals surface area contributed by atoms with Crippen LogP contribution in [0.5, 0.6) is 0 Å². The molecule has 0 amide bonds. The Balaban J connectivity index is 1.80. The SMILES string of the molecule is CCNC1CC2CC(C1)O2. The van der Waals surface area contributed by atoms with Gasteiger partial charge in [-0.05, 0) is 25.8 Å². The number of nitrogens with one attached hydrogen (secondary N) is 1. The largest absolute Gasteiger partial charge is 0.375 e. The second kappa shape index (κ2) is 2.51. The molecule has 3 fully saturated rings. The third-order valence-corrected chi connectivity index (χ3v) is 2.50. The predicted octanol–water partition coefficient (Wildman–Crippen LogP) is 0.916. The minimum atomic E-state index is 0.600. The average Bonchev–Trinajstić information content (AvgIpc) is 1.87. The van der Waals surface area contributed by atoms with Gasteiger partial charge in [0.25, 0.3) is 0 Å². The second-order valence-corrected chi connectivity index (χ2v) is 3.34. The van der Waals surface area contributed by atoms with Gasteiger partial charge in [0.15, 0.2) is 0 Å². The Labute approximate surface area is 61.9 Å². The van der Waals surface area contributed by atoms with Gasteiger partial charge < -0.3 is 10.1 Å². The van der Waals surface area contributed by atoms with Gasteiger partial charge in [-0.25, -0.2) is 0 Å². The van der Waals surface area contributed by atoms with E-state index in [9.17, 15) is 0 Å². The van der Waals surface area contributed by atoms with Crippen molar-refractivity contribution in [3.05, 3.63) is 0 Å². The van der Waals surface area contributed by atoms with E-state index in [1.807, 2.05) is 0 Å². The van der Waals surface area contributed by atoms with Crippen molar-refractivity contribution >= 4 is 0 Å². The van der Waals surface area contributed by atoms with Gasteiger partial charge in [0.2, 0.25) is 0 Å². The molecule has 2 heteroatoms. The normalized spacial score (nSPS) is 44.7. The highest BCUT2D eigenvalue weighted by Crippen LogP contribution is 2.34. The van der Waals surface area contributed by atoms with Crippen LogP contribution in [0.1, 0.15) is 26.2 Å². The van der Waals surface area contributed by atoms with E-state index in [4.69, 9.17) is 4.74 Å². The van der Waals surface area contributed by atoms with Gasteiger partial charge in [0, 0.05) is 6.04 Å². The Morgan fingerprint density at radius 1 is 1.30 bits per heavy atom. The molecular weight excluding hydrogens is 126 g/mol. The highest BCUT2D eigenvalue weighted by atomic mass is 16.5. The fourth-order valence-corrected chi connectivity index (χ4v) is 2.04. The van der Waals surface area contributed by atoms with Crippen LogP contribution in [0.4, 0.5) is 0 Å². The summed E-state index contributed by atoms with van der Waals surface area (Å²) in [6, 6.07) is 0.752. The first-order chi connectivity index (χ1) is 4.88. The Bertz CT molecular complexity index is 110. The van der Waals surface area contributed by atoms with E-state index in [2.05, 4.69) is 12.2 Å². The monoisotopic (exact) mass is 141 g/mol. The maximum atomic E-state index is 5.51. The molecule has 0 spiro atoms. The second-order valence-electron chi connectivity index (χ2n) is 3.34. The van der Waals surface area contributed by atoms with E-state index in [1.54, 1.807) is 0 Å². The topological polar surface area (TPSA) is 21.3 Å². The Hall–Kier alpha value is -0.0800. The van der Waals surface area contributed by atoms with Crippen LogP contribution in [0.15, 0.2) is 0 Å². The van der Waals surface area contributed by atoms with E-state index in [-0.39, 0.29) is 0 Å². The summed E-state index contributed by atoms with van der Waals surface area (Å²) in [7, 11) is 0. The fourth-order valence-electron chi connectivity index (χ4n) is 2.04. The maximum Gasteiger partial charge on any atom is 0.0618 e. The summed E-state index contributed by atoms with van der Waals surface area (Å²) < 4.78 is 5.51. The Kier molecular flexibility index (Phi) is 1.66. The summed E-state index contributed by atoms with van der Waals surface area (Å²) in [5.74, 6) is 0. The summed E-state index contributed by atoms with van der Waals surface area (Å²) in [6.45, 7) is 3.27. The van der Waals surface area contributed by atoms with Crippen LogP contribution in [-0.2, 0) is 4.74 Å². The summed E-state index contributed by atoms with van der Waals surface area (Å²) in [6.07, 6.45) is 5.00. The maximum absolute atomic E-state index is 5.51. The average molecular weight is 141 g/mol. The van der Waals surface area contributed by atoms with Crippen molar-refractivity contribution in [2.75, 3.05) is 6.54 Å². The van der Waals surface area contributed by atoms with E-state index in [0.29, 0.717) is 12.2 Å². The molecule has 0 aromatic carbocycles. The number of ether oxygens (including phenoxy) is 1. The smallest absolute Gasteiger partial charge is 0.0618 e. The molecule has 3 rings (SSSR count). The molecule has 0 aromatic heterocycles. The molecule has 2 atom stereocenters. The molecule has 2 bridgehead atoms. The first-order valence-corrected chi connectivity index (χ1v) is 4.27. The van der Waals surface area contributed by atoms with Gasteiger partial charge in [0.1, 0.15) is 0 Å². The molecule has 2 unspecified atom stereocenters. The quantitative estimate of drug-likeness (QED) is 0.617. The summed E-state index contributed by atoms with van der Waals surface area (Å²) in [5.41, 5.74) is 0. The highest BCUT2D eigenvalue weighted by Gasteiger charge is 2.38. The third-order valence-electron chi connectivity index (χ3n) is 2.50. The lowest BCUT2D eigenvalue weighted by molar-refractivity contribution is -0.164. The van der Waals surface area contributed by atoms with Crippen LogP contribution < -0.4 is 5.32 Å². The van der Waals surface area contributed by atoms with Gasteiger partial charge in [-0.3, -0.25) is 0 Å². The summed E-state index contributed by atoms with van der Waals surface area (Å²) in [4.78, 5) is 0. The minimum absolute atomic E-state index is 0.600. The molecule has 10 heavy (non-hydrogen) atoms. The van der Waals surface area contributed by atoms with Crippen LogP contribution in [0.25, 0.3) is 0 Å². The summed E-state index contributed by atoms with van der Waals surface area (Å²) in [5, 5.41) is 3.47. The molecule has 1 N–H and O–H groups in total. The lowest BCUT2D eigenvalue weighted by atomic mass is 9.85. The van der Waals surface area contributed by atoms with Crippen molar-refractivity contribution in [1.82, 2.24) is 5.32 Å². The molecular formula is C8H15NO. The zero-order valence-electron chi connectivity index (χ0n) is 6.47. The first kappa shape index (κ1) is 6.62. The number of fused-ring (bicyclic) bond motifs is 2. The van der Waals surface area contributed by atoms with Gasteiger partial charge >= 0.3 is 0 Å². The van der Waals surface area contributed by atoms with E-state index in [0.717, 1.165) is 12.6 Å². The van der Waals surface area contributed by atoms with Crippen molar-refractivity contribution in [3.8, 4) is 0 Å². The highest BCUT2D eigenvalue weighted by molar-refractivity contribution is 4.91. The lowest BCUT2D eigenvalue weighted by Crippen LogP contribution is -2.51. The van der Waals surface area contributed by atoms with Crippen molar-refractivity contribution < 1.29 is 4.74 Å². The molecule has 1 aliphatic carbocycles. The molecule has 0 radical (unpaired) electrons. The van der Waals surface area contributed by atoms with Gasteiger partial charge in [-0.2, -0.15) is 0 Å². The first-order valence-electron chi connectivity index (χ1n) is 4.27. The predicted molar refractivity (Wildman–Crippen MR) is 40.0 cm³/mol. The zero-order chi connectivity index (χ0) is 6.97. The molecule has 3 aliphatic rings. The van der Waals surface area contributed by atoms with Gasteiger partial charge in [-0.1, -0.05) is 6.92 Å². The molecule has 2 saturated heterocycles. The third kappa shape index (κ3) is 1.06. The van der Waals surface area contributed by atoms with Crippen molar-refractivity contribution in [2.45, 2.75) is 44.4 Å². The number of rotatable bonds is 2. The molecule has 2 heterocycles. The summed E-state index contributed by atoms with van der Waals surface area (Å²) >= 11 is 0. The fraction of sp³-hybridized carbons (Fsp3) is 1.00. The molecule has 2 aliphatic heterocycles. The standard InChI is InChI=1S/C8H15NO/c1-2-9-6-3-7-5-8(4-6)10-7/h6-9H,2-5H2,1H3. The van der Waals surface area contributed by atoms with Crippen molar-refractivity contribution in [2.24, 2.45) is 0 Å². The van der Waals surface area contributed by atoms with Crippen LogP contribution in [0, 0.1) is 0 Å².